The highest BCUT2D eigenvalue weighted by Gasteiger charge is 2.70. The van der Waals surface area contributed by atoms with Gasteiger partial charge < -0.3 is 94.8 Å². The summed E-state index contributed by atoms with van der Waals surface area (Å²) in [7, 11) is 0. The highest BCUT2D eigenvalue weighted by atomic mass is 16.7. The molecule has 0 bridgehead atoms. The van der Waals surface area contributed by atoms with Gasteiger partial charge in [0.05, 0.1) is 43.7 Å². The van der Waals surface area contributed by atoms with Crippen LogP contribution in [0.25, 0.3) is 0 Å². The third-order valence-corrected chi connectivity index (χ3v) is 18.7. The summed E-state index contributed by atoms with van der Waals surface area (Å²) in [6.07, 6.45) is -16.6. The molecule has 4 aliphatic carbocycles. The Kier molecular flexibility index (Phi) is 15.9. The van der Waals surface area contributed by atoms with Crippen LogP contribution in [0, 0.1) is 45.3 Å². The fourth-order valence-electron chi connectivity index (χ4n) is 14.2. The molecule has 19 heteroatoms. The van der Waals surface area contributed by atoms with Crippen LogP contribution in [0.15, 0.2) is 11.6 Å². The Hall–Kier alpha value is -1.02. The van der Waals surface area contributed by atoms with E-state index in [1.807, 2.05) is 0 Å². The number of hydrogen-bond acceptors (Lipinski definition) is 19. The number of rotatable bonds is 14. The van der Waals surface area contributed by atoms with Crippen LogP contribution in [0.2, 0.25) is 0 Å². The van der Waals surface area contributed by atoms with Crippen molar-refractivity contribution in [1.29, 1.82) is 0 Å². The fraction of sp³-hybridized carbons (Fsp3) is 0.958. The molecule has 0 aromatic carbocycles. The lowest BCUT2D eigenvalue weighted by Crippen LogP contribution is -2.65. The standard InChI is InChI=1S/C48H82O19/c1-21(9-13-31(45(4,5)61)67-42-39(59)36(56)33(53)26(19-50)64-42)22-15-16-46(6)28-12-10-23-24(48(28,8)29(51)17-47(22,46)7)11-14-30(44(23,2)3)66-43-40(60)37(57)34(54)27(65-43)20-62-41-38(58)35(55)32(52)25(18-49)63-41/h10,21-22,24-43,49-61H,9,11-20H2,1-8H3/t21-,22-,24+,25-,26-,27-,28+,29+,30-,31-,32-,33-,34-,35+,36+,37+,38-,39-,40-,41-,42+,43+,46+,47-,48-/m1/s1. The average Bonchev–Trinajstić information content (AvgIpc) is 3.54. The van der Waals surface area contributed by atoms with E-state index in [0.29, 0.717) is 32.1 Å². The molecule has 0 spiro atoms. The first-order valence-corrected chi connectivity index (χ1v) is 24.5. The zero-order chi connectivity index (χ0) is 49.5. The molecular formula is C48H82O19. The van der Waals surface area contributed by atoms with Crippen LogP contribution in [0.3, 0.4) is 0 Å². The van der Waals surface area contributed by atoms with Crippen LogP contribution < -0.4 is 0 Å². The van der Waals surface area contributed by atoms with E-state index in [0.717, 1.165) is 24.8 Å². The van der Waals surface area contributed by atoms with Crippen molar-refractivity contribution in [2.75, 3.05) is 19.8 Å². The summed E-state index contributed by atoms with van der Waals surface area (Å²) in [6.45, 7) is 14.8. The van der Waals surface area contributed by atoms with E-state index in [1.54, 1.807) is 13.8 Å². The minimum absolute atomic E-state index is 0.0188. The van der Waals surface area contributed by atoms with E-state index in [4.69, 9.17) is 28.4 Å². The third-order valence-electron chi connectivity index (χ3n) is 18.7. The van der Waals surface area contributed by atoms with Gasteiger partial charge in [0.25, 0.3) is 0 Å². The lowest BCUT2D eigenvalue weighted by Gasteiger charge is -2.67. The maximum Gasteiger partial charge on any atom is 0.187 e. The largest absolute Gasteiger partial charge is 0.394 e. The number of aliphatic hydroxyl groups excluding tert-OH is 12. The van der Waals surface area contributed by atoms with Gasteiger partial charge in [-0.1, -0.05) is 53.2 Å². The van der Waals surface area contributed by atoms with Gasteiger partial charge in [0.15, 0.2) is 18.9 Å². The van der Waals surface area contributed by atoms with Gasteiger partial charge in [-0.25, -0.2) is 0 Å². The Morgan fingerprint density at radius 3 is 1.79 bits per heavy atom. The van der Waals surface area contributed by atoms with Gasteiger partial charge in [-0.2, -0.15) is 0 Å². The summed E-state index contributed by atoms with van der Waals surface area (Å²) in [4.78, 5) is 0. The molecule has 388 valence electrons. The number of aliphatic hydroxyl groups is 13. The predicted molar refractivity (Wildman–Crippen MR) is 235 cm³/mol. The number of hydrogen-bond donors (Lipinski definition) is 13. The van der Waals surface area contributed by atoms with Crippen molar-refractivity contribution in [1.82, 2.24) is 0 Å². The van der Waals surface area contributed by atoms with Crippen LogP contribution in [-0.4, -0.2) is 202 Å². The van der Waals surface area contributed by atoms with Crippen molar-refractivity contribution in [3.05, 3.63) is 11.6 Å². The highest BCUT2D eigenvalue weighted by Crippen LogP contribution is 2.75. The summed E-state index contributed by atoms with van der Waals surface area (Å²) in [6, 6.07) is 0. The summed E-state index contributed by atoms with van der Waals surface area (Å²) >= 11 is 0. The molecule has 3 aliphatic heterocycles. The van der Waals surface area contributed by atoms with Gasteiger partial charge in [-0.15, -0.1) is 0 Å². The van der Waals surface area contributed by atoms with Crippen molar-refractivity contribution in [2.45, 2.75) is 223 Å². The van der Waals surface area contributed by atoms with Crippen molar-refractivity contribution >= 4 is 0 Å². The molecular weight excluding hydrogens is 881 g/mol. The molecule has 0 aromatic rings. The quantitative estimate of drug-likeness (QED) is 0.0924. The minimum Gasteiger partial charge on any atom is -0.394 e. The van der Waals surface area contributed by atoms with Gasteiger partial charge in [-0.3, -0.25) is 0 Å². The van der Waals surface area contributed by atoms with Crippen LogP contribution in [0.4, 0.5) is 0 Å². The molecule has 3 saturated heterocycles. The Labute approximate surface area is 393 Å². The van der Waals surface area contributed by atoms with Crippen molar-refractivity contribution in [2.24, 2.45) is 45.3 Å². The van der Waals surface area contributed by atoms with Gasteiger partial charge in [-0.05, 0) is 99.7 Å². The summed E-state index contributed by atoms with van der Waals surface area (Å²) < 4.78 is 35.4. The van der Waals surface area contributed by atoms with E-state index in [-0.39, 0.29) is 34.5 Å². The van der Waals surface area contributed by atoms with Crippen molar-refractivity contribution in [3.8, 4) is 0 Å². The molecule has 13 N–H and O–H groups in total. The van der Waals surface area contributed by atoms with Gasteiger partial charge in [0, 0.05) is 10.8 Å². The Balaban J connectivity index is 1.02. The summed E-state index contributed by atoms with van der Waals surface area (Å²) in [5.41, 5.74) is -1.65. The lowest BCUT2D eigenvalue weighted by molar-refractivity contribution is -0.340. The number of allylic oxidation sites excluding steroid dienone is 1. The Bertz CT molecular complexity index is 1710. The van der Waals surface area contributed by atoms with E-state index < -0.39 is 147 Å². The van der Waals surface area contributed by atoms with Crippen LogP contribution in [0.5, 0.6) is 0 Å². The van der Waals surface area contributed by atoms with Gasteiger partial charge in [0.1, 0.15) is 73.2 Å². The lowest BCUT2D eigenvalue weighted by atomic mass is 9.38. The first-order chi connectivity index (χ1) is 31.2. The van der Waals surface area contributed by atoms with Gasteiger partial charge >= 0.3 is 0 Å². The molecule has 3 heterocycles. The molecule has 25 atom stereocenters. The van der Waals surface area contributed by atoms with E-state index >= 15 is 0 Å². The molecule has 0 radical (unpaired) electrons. The first kappa shape index (κ1) is 53.8. The smallest absolute Gasteiger partial charge is 0.187 e. The van der Waals surface area contributed by atoms with E-state index in [2.05, 4.69) is 47.6 Å². The second kappa shape index (κ2) is 19.8. The Morgan fingerprint density at radius 2 is 1.21 bits per heavy atom. The van der Waals surface area contributed by atoms with Crippen molar-refractivity contribution in [3.63, 3.8) is 0 Å². The topological polar surface area (TPSA) is 318 Å². The average molecular weight is 963 g/mol. The SMILES string of the molecule is C[C@H](CC[C@@H](O[C@@H]1O[C@H](CO)[C@@H](O)[C@H](O)[C@H]1O)C(C)(C)O)[C@H]1CC[C@@]2(C)[C@@H]3CC=C4[C@H](CC[C@@H](O[C@@H]5O[C@H](CO[C@@H]6O[C@H](CO)[C@@H](O)[C@H](O)[C@H]6O)[C@@H](O)[C@H](O)[C@H]5O)C4(C)C)[C@@]3(C)[C@@H](O)C[C@]12C. The molecule has 0 unspecified atom stereocenters. The fourth-order valence-corrected chi connectivity index (χ4v) is 14.2. The second-order valence-electron chi connectivity index (χ2n) is 23.1. The van der Waals surface area contributed by atoms with Crippen LogP contribution in [-0.2, 0) is 28.4 Å². The third kappa shape index (κ3) is 9.24. The number of fused-ring (bicyclic) bond motifs is 5. The molecule has 0 amide bonds. The summed E-state index contributed by atoms with van der Waals surface area (Å²) in [5.74, 6) is 0.560. The predicted octanol–water partition coefficient (Wildman–Crippen LogP) is -1.06. The maximum atomic E-state index is 12.6. The normalized spacial score (nSPS) is 51.0. The maximum absolute atomic E-state index is 12.6. The zero-order valence-electron chi connectivity index (χ0n) is 40.3. The molecule has 0 aromatic heterocycles. The molecule has 6 fully saturated rings. The van der Waals surface area contributed by atoms with Gasteiger partial charge in [0.2, 0.25) is 0 Å². The minimum atomic E-state index is -1.69. The Morgan fingerprint density at radius 1 is 0.672 bits per heavy atom. The highest BCUT2D eigenvalue weighted by molar-refractivity contribution is 5.32. The van der Waals surface area contributed by atoms with Crippen molar-refractivity contribution < 1.29 is 94.8 Å². The molecule has 7 aliphatic rings. The summed E-state index contributed by atoms with van der Waals surface area (Å²) in [5, 5.41) is 138. The first-order valence-electron chi connectivity index (χ1n) is 24.5. The molecule has 67 heavy (non-hydrogen) atoms. The second-order valence-corrected chi connectivity index (χ2v) is 23.1. The van der Waals surface area contributed by atoms with Crippen LogP contribution in [0.1, 0.15) is 107 Å². The van der Waals surface area contributed by atoms with Crippen LogP contribution >= 0.6 is 0 Å². The zero-order valence-corrected chi connectivity index (χ0v) is 40.3. The molecule has 7 rings (SSSR count). The van der Waals surface area contributed by atoms with E-state index in [9.17, 15) is 66.4 Å². The van der Waals surface area contributed by atoms with E-state index in [1.165, 1.54) is 0 Å². The molecule has 19 nitrogen and oxygen atoms in total. The molecule has 3 saturated carbocycles. The monoisotopic (exact) mass is 963 g/mol. The number of ether oxygens (including phenoxy) is 6.